The summed E-state index contributed by atoms with van der Waals surface area (Å²) >= 11 is 0. The zero-order chi connectivity index (χ0) is 19.9. The molecule has 1 N–H and O–H groups in total. The minimum Gasteiger partial charge on any atom is -0.352 e. The molecule has 1 atom stereocenters. The van der Waals surface area contributed by atoms with E-state index in [4.69, 9.17) is 0 Å². The maximum absolute atomic E-state index is 13.2. The van der Waals surface area contributed by atoms with Crippen LogP contribution < -0.4 is 5.32 Å². The van der Waals surface area contributed by atoms with Crippen LogP contribution in [0.25, 0.3) is 0 Å². The van der Waals surface area contributed by atoms with E-state index >= 15 is 0 Å². The molecule has 0 radical (unpaired) electrons. The fraction of sp³-hybridized carbons (Fsp3) is 0.417. The maximum atomic E-state index is 13.2. The number of aryl methyl sites for hydroxylation is 1. The van der Waals surface area contributed by atoms with Crippen LogP contribution in [0.1, 0.15) is 49.3 Å². The Morgan fingerprint density at radius 1 is 1.04 bits per heavy atom. The molecule has 4 nitrogen and oxygen atoms in total. The van der Waals surface area contributed by atoms with Gasteiger partial charge in [-0.05, 0) is 43.4 Å². The quantitative estimate of drug-likeness (QED) is 0.791. The number of amides is 2. The van der Waals surface area contributed by atoms with Crippen LogP contribution >= 0.6 is 0 Å². The van der Waals surface area contributed by atoms with Crippen LogP contribution in [0.5, 0.6) is 0 Å². The molecule has 148 valence electrons. The second-order valence-electron chi connectivity index (χ2n) is 7.78. The van der Waals surface area contributed by atoms with Crippen molar-refractivity contribution in [2.24, 2.45) is 0 Å². The Balaban J connectivity index is 1.77. The SMILES string of the molecule is Cc1ccccc1CN(C(=O)Cc1ccccc1)[C@H](C)C(=O)NC1CCCC1. The van der Waals surface area contributed by atoms with Gasteiger partial charge < -0.3 is 10.2 Å². The summed E-state index contributed by atoms with van der Waals surface area (Å²) < 4.78 is 0. The molecule has 0 aromatic heterocycles. The molecule has 1 aliphatic carbocycles. The van der Waals surface area contributed by atoms with Crippen molar-refractivity contribution in [1.29, 1.82) is 0 Å². The van der Waals surface area contributed by atoms with Crippen LogP contribution in [-0.2, 0) is 22.6 Å². The first-order chi connectivity index (χ1) is 13.5. The molecule has 0 spiro atoms. The molecular formula is C24H30N2O2. The number of hydrogen-bond donors (Lipinski definition) is 1. The van der Waals surface area contributed by atoms with Crippen LogP contribution in [0, 0.1) is 6.92 Å². The van der Waals surface area contributed by atoms with E-state index in [0.29, 0.717) is 13.0 Å². The highest BCUT2D eigenvalue weighted by Gasteiger charge is 2.28. The van der Waals surface area contributed by atoms with E-state index in [1.54, 1.807) is 4.90 Å². The monoisotopic (exact) mass is 378 g/mol. The maximum Gasteiger partial charge on any atom is 0.242 e. The Hall–Kier alpha value is -2.62. The third-order valence-corrected chi connectivity index (χ3v) is 5.67. The third kappa shape index (κ3) is 5.22. The van der Waals surface area contributed by atoms with Gasteiger partial charge in [-0.3, -0.25) is 9.59 Å². The van der Waals surface area contributed by atoms with Gasteiger partial charge >= 0.3 is 0 Å². The highest BCUT2D eigenvalue weighted by Crippen LogP contribution is 2.19. The number of nitrogens with one attached hydrogen (secondary N) is 1. The van der Waals surface area contributed by atoms with E-state index in [-0.39, 0.29) is 17.9 Å². The Morgan fingerprint density at radius 3 is 2.36 bits per heavy atom. The molecule has 0 unspecified atom stereocenters. The first kappa shape index (κ1) is 20.1. The van der Waals surface area contributed by atoms with Crippen LogP contribution in [0.2, 0.25) is 0 Å². The summed E-state index contributed by atoms with van der Waals surface area (Å²) in [6.45, 7) is 4.32. The molecule has 4 heteroatoms. The van der Waals surface area contributed by atoms with E-state index in [9.17, 15) is 9.59 Å². The zero-order valence-electron chi connectivity index (χ0n) is 16.9. The summed E-state index contributed by atoms with van der Waals surface area (Å²) in [7, 11) is 0. The second-order valence-corrected chi connectivity index (χ2v) is 7.78. The summed E-state index contributed by atoms with van der Waals surface area (Å²) in [5.41, 5.74) is 3.17. The second kappa shape index (κ2) is 9.54. The summed E-state index contributed by atoms with van der Waals surface area (Å²) in [6.07, 6.45) is 4.70. The third-order valence-electron chi connectivity index (χ3n) is 5.67. The van der Waals surface area contributed by atoms with E-state index < -0.39 is 6.04 Å². The average molecular weight is 379 g/mol. The molecule has 2 aromatic carbocycles. The topological polar surface area (TPSA) is 49.4 Å². The van der Waals surface area contributed by atoms with Crippen molar-refractivity contribution < 1.29 is 9.59 Å². The Labute approximate surface area is 167 Å². The van der Waals surface area contributed by atoms with Gasteiger partial charge in [0.15, 0.2) is 0 Å². The number of carbonyl (C=O) groups is 2. The van der Waals surface area contributed by atoms with E-state index in [1.165, 1.54) is 12.8 Å². The molecule has 0 saturated heterocycles. The molecule has 0 aliphatic heterocycles. The molecule has 1 aliphatic rings. The first-order valence-corrected chi connectivity index (χ1v) is 10.2. The Morgan fingerprint density at radius 2 is 1.68 bits per heavy atom. The highest BCUT2D eigenvalue weighted by molar-refractivity contribution is 5.88. The van der Waals surface area contributed by atoms with Gasteiger partial charge in [0.05, 0.1) is 6.42 Å². The number of carbonyl (C=O) groups excluding carboxylic acids is 2. The van der Waals surface area contributed by atoms with Crippen LogP contribution in [0.4, 0.5) is 0 Å². The van der Waals surface area contributed by atoms with Crippen LogP contribution in [0.3, 0.4) is 0 Å². The normalized spacial score (nSPS) is 15.2. The molecular weight excluding hydrogens is 348 g/mol. The van der Waals surface area contributed by atoms with Gasteiger partial charge in [-0.25, -0.2) is 0 Å². The lowest BCUT2D eigenvalue weighted by molar-refractivity contribution is -0.140. The van der Waals surface area contributed by atoms with Crippen molar-refractivity contribution in [3.8, 4) is 0 Å². The van der Waals surface area contributed by atoms with Crippen LogP contribution in [-0.4, -0.2) is 28.8 Å². The zero-order valence-corrected chi connectivity index (χ0v) is 16.9. The smallest absolute Gasteiger partial charge is 0.242 e. The first-order valence-electron chi connectivity index (χ1n) is 10.2. The van der Waals surface area contributed by atoms with E-state index in [1.807, 2.05) is 68.4 Å². The van der Waals surface area contributed by atoms with Crippen molar-refractivity contribution in [3.05, 3.63) is 71.3 Å². The number of rotatable bonds is 7. The fourth-order valence-corrected chi connectivity index (χ4v) is 3.82. The Bertz CT molecular complexity index is 797. The summed E-state index contributed by atoms with van der Waals surface area (Å²) in [5.74, 6) is -0.0783. The van der Waals surface area contributed by atoms with Gasteiger partial charge in [-0.2, -0.15) is 0 Å². The molecule has 1 saturated carbocycles. The molecule has 28 heavy (non-hydrogen) atoms. The van der Waals surface area contributed by atoms with Crippen molar-refractivity contribution in [3.63, 3.8) is 0 Å². The molecule has 2 aromatic rings. The van der Waals surface area contributed by atoms with Crippen molar-refractivity contribution in [2.45, 2.75) is 64.6 Å². The van der Waals surface area contributed by atoms with Gasteiger partial charge in [0.2, 0.25) is 11.8 Å². The summed E-state index contributed by atoms with van der Waals surface area (Å²) in [5, 5.41) is 3.15. The summed E-state index contributed by atoms with van der Waals surface area (Å²) in [4.78, 5) is 27.7. The van der Waals surface area contributed by atoms with Crippen molar-refractivity contribution in [2.75, 3.05) is 0 Å². The van der Waals surface area contributed by atoms with Crippen LogP contribution in [0.15, 0.2) is 54.6 Å². The van der Waals surface area contributed by atoms with E-state index in [0.717, 1.165) is 29.5 Å². The average Bonchev–Trinajstić information content (AvgIpc) is 3.20. The van der Waals surface area contributed by atoms with Crippen molar-refractivity contribution >= 4 is 11.8 Å². The molecule has 3 rings (SSSR count). The number of nitrogens with zero attached hydrogens (tertiary/aromatic N) is 1. The molecule has 0 bridgehead atoms. The van der Waals surface area contributed by atoms with Gasteiger partial charge in [0.25, 0.3) is 0 Å². The predicted octanol–water partition coefficient (Wildman–Crippen LogP) is 4.01. The molecule has 2 amide bonds. The Kier molecular flexibility index (Phi) is 6.85. The number of benzene rings is 2. The van der Waals surface area contributed by atoms with Gasteiger partial charge in [0, 0.05) is 12.6 Å². The van der Waals surface area contributed by atoms with E-state index in [2.05, 4.69) is 5.32 Å². The summed E-state index contributed by atoms with van der Waals surface area (Å²) in [6, 6.07) is 17.5. The minimum absolute atomic E-state index is 0.0245. The lowest BCUT2D eigenvalue weighted by atomic mass is 10.1. The molecule has 1 fully saturated rings. The van der Waals surface area contributed by atoms with Gasteiger partial charge in [0.1, 0.15) is 6.04 Å². The highest BCUT2D eigenvalue weighted by atomic mass is 16.2. The largest absolute Gasteiger partial charge is 0.352 e. The van der Waals surface area contributed by atoms with Gasteiger partial charge in [-0.15, -0.1) is 0 Å². The molecule has 0 heterocycles. The lowest BCUT2D eigenvalue weighted by Crippen LogP contribution is -2.50. The predicted molar refractivity (Wildman–Crippen MR) is 112 cm³/mol. The lowest BCUT2D eigenvalue weighted by Gasteiger charge is -2.30. The number of hydrogen-bond acceptors (Lipinski definition) is 2. The standard InChI is InChI=1S/C24H30N2O2/c1-18-10-6-7-13-21(18)17-26(23(27)16-20-11-4-3-5-12-20)19(2)24(28)25-22-14-8-9-15-22/h3-7,10-13,19,22H,8-9,14-17H2,1-2H3,(H,25,28)/t19-/m1/s1. The minimum atomic E-state index is -0.503. The fourth-order valence-electron chi connectivity index (χ4n) is 3.82. The van der Waals surface area contributed by atoms with Gasteiger partial charge in [-0.1, -0.05) is 67.4 Å². The van der Waals surface area contributed by atoms with Crippen molar-refractivity contribution in [1.82, 2.24) is 10.2 Å².